The average molecular weight is 323 g/mol. The second-order valence-corrected chi connectivity index (χ2v) is 11.9. The lowest BCUT2D eigenvalue weighted by Gasteiger charge is -2.17. The van der Waals surface area contributed by atoms with Crippen molar-refractivity contribution in [2.75, 3.05) is 0 Å². The summed E-state index contributed by atoms with van der Waals surface area (Å²) in [6, 6.07) is 21.0. The number of hydrogen-bond donors (Lipinski definition) is 0. The molecule has 2 aromatic carbocycles. The van der Waals surface area contributed by atoms with Crippen LogP contribution in [0.1, 0.15) is 0 Å². The van der Waals surface area contributed by atoms with E-state index < -0.39 is 29.1 Å². The standard InChI is InChI=1S/C12H18O3Si4/c16-13-17-14-18-15-19(11-7-3-1-4-8-11)12-9-5-2-6-10-12/h1-10,19H,17-18H2,16H3. The molecule has 0 radical (unpaired) electrons. The van der Waals surface area contributed by atoms with Gasteiger partial charge in [0.1, 0.15) is 10.5 Å². The molecule has 0 amide bonds. The Hall–Kier alpha value is -0.812. The highest BCUT2D eigenvalue weighted by Gasteiger charge is 2.16. The molecule has 0 unspecified atom stereocenters. The van der Waals surface area contributed by atoms with Gasteiger partial charge >= 0.3 is 0 Å². The van der Waals surface area contributed by atoms with Crippen LogP contribution in [0.4, 0.5) is 0 Å². The molecule has 0 aliphatic rings. The quantitative estimate of drug-likeness (QED) is 0.430. The lowest BCUT2D eigenvalue weighted by Crippen LogP contribution is -2.46. The average Bonchev–Trinajstić information content (AvgIpc) is 2.49. The van der Waals surface area contributed by atoms with Crippen molar-refractivity contribution in [1.29, 1.82) is 0 Å². The van der Waals surface area contributed by atoms with Gasteiger partial charge in [-0.15, -0.1) is 0 Å². The molecule has 0 aromatic heterocycles. The highest BCUT2D eigenvalue weighted by atomic mass is 28.4. The molecule has 0 bridgehead atoms. The van der Waals surface area contributed by atoms with Gasteiger partial charge in [0.05, 0.1) is 0 Å². The summed E-state index contributed by atoms with van der Waals surface area (Å²) in [6.45, 7) is 0. The van der Waals surface area contributed by atoms with Gasteiger partial charge in [-0.3, -0.25) is 0 Å². The normalized spacial score (nSPS) is 12.3. The van der Waals surface area contributed by atoms with Crippen LogP contribution in [0, 0.1) is 0 Å². The number of benzene rings is 2. The highest BCUT2D eigenvalue weighted by Crippen LogP contribution is 1.94. The maximum absolute atomic E-state index is 6.14. The van der Waals surface area contributed by atoms with Crippen molar-refractivity contribution in [3.8, 4) is 0 Å². The SMILES string of the molecule is [SiH3]O[SiH2]O[SiH2]O[SiH](c1ccccc1)c1ccccc1. The Morgan fingerprint density at radius 2 is 1.32 bits per heavy atom. The number of rotatable bonds is 7. The molecule has 0 aliphatic carbocycles. The molecule has 0 spiro atoms. The predicted molar refractivity (Wildman–Crippen MR) is 89.6 cm³/mol. The minimum atomic E-state index is -1.58. The zero-order valence-corrected chi connectivity index (χ0v) is 17.0. The van der Waals surface area contributed by atoms with Crippen molar-refractivity contribution in [3.05, 3.63) is 60.7 Å². The Balaban J connectivity index is 2.10. The van der Waals surface area contributed by atoms with Crippen molar-refractivity contribution >= 4 is 49.9 Å². The van der Waals surface area contributed by atoms with Gasteiger partial charge in [-0.1, -0.05) is 60.7 Å². The first kappa shape index (κ1) is 14.6. The summed E-state index contributed by atoms with van der Waals surface area (Å²) in [4.78, 5) is 0. The lowest BCUT2D eigenvalue weighted by atomic mass is 10.4. The minimum absolute atomic E-state index is 0.760. The first-order chi connectivity index (χ1) is 9.42. The first-order valence-electron chi connectivity index (χ1n) is 6.20. The first-order valence-corrected chi connectivity index (χ1v) is 10.9. The highest BCUT2D eigenvalue weighted by molar-refractivity contribution is 6.82. The molecule has 0 atom stereocenters. The molecule has 0 N–H and O–H groups in total. The summed E-state index contributed by atoms with van der Waals surface area (Å²) in [5.41, 5.74) is 0. The van der Waals surface area contributed by atoms with Crippen LogP contribution in [0.5, 0.6) is 0 Å². The van der Waals surface area contributed by atoms with Crippen LogP contribution in [0.15, 0.2) is 60.7 Å². The second-order valence-electron chi connectivity index (χ2n) is 4.10. The third-order valence-corrected chi connectivity index (χ3v) is 8.86. The van der Waals surface area contributed by atoms with Gasteiger partial charge in [-0.25, -0.2) is 0 Å². The summed E-state index contributed by atoms with van der Waals surface area (Å²) in [7, 11) is -2.48. The molecule has 0 saturated heterocycles. The largest absolute Gasteiger partial charge is 0.449 e. The minimum Gasteiger partial charge on any atom is -0.449 e. The van der Waals surface area contributed by atoms with E-state index in [0.29, 0.717) is 0 Å². The Kier molecular flexibility index (Phi) is 6.43. The Morgan fingerprint density at radius 1 is 0.789 bits per heavy atom. The van der Waals surface area contributed by atoms with Crippen LogP contribution in [0.25, 0.3) is 0 Å². The third-order valence-electron chi connectivity index (χ3n) is 2.72. The van der Waals surface area contributed by atoms with Gasteiger partial charge in [0, 0.05) is 0 Å². The van der Waals surface area contributed by atoms with E-state index in [9.17, 15) is 0 Å². The molecule has 0 fully saturated rings. The van der Waals surface area contributed by atoms with Gasteiger partial charge in [0.2, 0.25) is 9.04 Å². The van der Waals surface area contributed by atoms with Gasteiger partial charge < -0.3 is 12.3 Å². The zero-order valence-electron chi connectivity index (χ0n) is 11.0. The number of hydrogen-bond acceptors (Lipinski definition) is 3. The van der Waals surface area contributed by atoms with Crippen molar-refractivity contribution < 1.29 is 12.3 Å². The Bertz CT molecular complexity index is 429. The fourth-order valence-corrected chi connectivity index (χ4v) is 9.18. The maximum Gasteiger partial charge on any atom is 0.285 e. The third kappa shape index (κ3) is 4.65. The van der Waals surface area contributed by atoms with E-state index in [1.807, 2.05) is 12.1 Å². The maximum atomic E-state index is 6.14. The van der Waals surface area contributed by atoms with E-state index in [1.54, 1.807) is 0 Å². The van der Waals surface area contributed by atoms with Crippen molar-refractivity contribution in [1.82, 2.24) is 0 Å². The summed E-state index contributed by atoms with van der Waals surface area (Å²) >= 11 is 0. The molecule has 19 heavy (non-hydrogen) atoms. The molecule has 2 rings (SSSR count). The van der Waals surface area contributed by atoms with Crippen LogP contribution in [0.3, 0.4) is 0 Å². The summed E-state index contributed by atoms with van der Waals surface area (Å²) in [6.07, 6.45) is 0. The molecule has 3 nitrogen and oxygen atoms in total. The van der Waals surface area contributed by atoms with Gasteiger partial charge in [0.15, 0.2) is 0 Å². The van der Waals surface area contributed by atoms with Crippen molar-refractivity contribution in [2.45, 2.75) is 0 Å². The van der Waals surface area contributed by atoms with Crippen molar-refractivity contribution in [3.63, 3.8) is 0 Å². The van der Waals surface area contributed by atoms with E-state index in [-0.39, 0.29) is 0 Å². The Morgan fingerprint density at radius 3 is 1.79 bits per heavy atom. The van der Waals surface area contributed by atoms with E-state index in [4.69, 9.17) is 12.3 Å². The molecule has 7 heteroatoms. The van der Waals surface area contributed by atoms with Gasteiger partial charge in [-0.05, 0) is 10.4 Å². The summed E-state index contributed by atoms with van der Waals surface area (Å²) in [5, 5.41) is 2.61. The smallest absolute Gasteiger partial charge is 0.285 e. The van der Waals surface area contributed by atoms with Crippen LogP contribution in [0.2, 0.25) is 0 Å². The molecule has 0 aliphatic heterocycles. The van der Waals surface area contributed by atoms with Gasteiger partial charge in [0.25, 0.3) is 20.0 Å². The van der Waals surface area contributed by atoms with Crippen LogP contribution in [-0.2, 0) is 12.3 Å². The molecule has 0 heterocycles. The van der Waals surface area contributed by atoms with E-state index in [0.717, 1.165) is 10.5 Å². The Labute approximate surface area is 123 Å². The molecule has 100 valence electrons. The monoisotopic (exact) mass is 322 g/mol. The van der Waals surface area contributed by atoms with Crippen LogP contribution in [-0.4, -0.2) is 39.5 Å². The van der Waals surface area contributed by atoms with Gasteiger partial charge in [-0.2, -0.15) is 0 Å². The lowest BCUT2D eigenvalue weighted by molar-refractivity contribution is 0.437. The molecular formula is C12H18O3Si4. The van der Waals surface area contributed by atoms with E-state index in [2.05, 4.69) is 48.5 Å². The molecule has 2 aromatic rings. The predicted octanol–water partition coefficient (Wildman–Crippen LogP) is -2.15. The zero-order chi connectivity index (χ0) is 13.3. The van der Waals surface area contributed by atoms with E-state index >= 15 is 0 Å². The van der Waals surface area contributed by atoms with Crippen molar-refractivity contribution in [2.24, 2.45) is 0 Å². The fraction of sp³-hybridized carbons (Fsp3) is 0. The molecular weight excluding hydrogens is 304 g/mol. The molecule has 0 saturated carbocycles. The van der Waals surface area contributed by atoms with Crippen LogP contribution < -0.4 is 10.4 Å². The second kappa shape index (κ2) is 8.38. The fourth-order valence-electron chi connectivity index (χ4n) is 1.87. The summed E-state index contributed by atoms with van der Waals surface area (Å²) in [5.74, 6) is 0. The summed E-state index contributed by atoms with van der Waals surface area (Å²) < 4.78 is 16.9. The topological polar surface area (TPSA) is 27.7 Å². The van der Waals surface area contributed by atoms with E-state index in [1.165, 1.54) is 10.4 Å². The van der Waals surface area contributed by atoms with Crippen LogP contribution >= 0.6 is 0 Å².